The van der Waals surface area contributed by atoms with Crippen LogP contribution >= 0.6 is 11.6 Å². The highest BCUT2D eigenvalue weighted by Crippen LogP contribution is 2.45. The van der Waals surface area contributed by atoms with Crippen molar-refractivity contribution < 1.29 is 5.11 Å². The summed E-state index contributed by atoms with van der Waals surface area (Å²) >= 11 is 5.91. The molecule has 0 aromatic heterocycles. The van der Waals surface area contributed by atoms with Crippen molar-refractivity contribution >= 4 is 17.3 Å². The standard InChI is InChI=1S/C16H24ClNO/c1-12-8-15(2,3)10-16(9-12,11-19)18-14-6-4-13(17)5-7-14/h4-7,12,18-19H,8-11H2,1-3H3. The van der Waals surface area contributed by atoms with Gasteiger partial charge in [0, 0.05) is 10.7 Å². The van der Waals surface area contributed by atoms with Crippen LogP contribution in [0, 0.1) is 11.3 Å². The average Bonchev–Trinajstić information content (AvgIpc) is 2.29. The van der Waals surface area contributed by atoms with E-state index >= 15 is 0 Å². The molecule has 3 heteroatoms. The number of hydrogen-bond acceptors (Lipinski definition) is 2. The minimum absolute atomic E-state index is 0.170. The highest BCUT2D eigenvalue weighted by atomic mass is 35.5. The number of anilines is 1. The summed E-state index contributed by atoms with van der Waals surface area (Å²) < 4.78 is 0. The van der Waals surface area contributed by atoms with Crippen LogP contribution in [0.1, 0.15) is 40.0 Å². The molecule has 1 aliphatic rings. The maximum absolute atomic E-state index is 9.92. The molecule has 1 saturated carbocycles. The summed E-state index contributed by atoms with van der Waals surface area (Å²) in [4.78, 5) is 0. The number of halogens is 1. The topological polar surface area (TPSA) is 32.3 Å². The Balaban J connectivity index is 2.20. The first-order valence-electron chi connectivity index (χ1n) is 6.99. The second kappa shape index (κ2) is 5.34. The van der Waals surface area contributed by atoms with E-state index in [0.29, 0.717) is 5.92 Å². The molecule has 2 rings (SSSR count). The lowest BCUT2D eigenvalue weighted by Gasteiger charge is -2.47. The molecule has 2 N–H and O–H groups in total. The quantitative estimate of drug-likeness (QED) is 0.864. The fourth-order valence-electron chi connectivity index (χ4n) is 3.84. The van der Waals surface area contributed by atoms with Gasteiger partial charge in [-0.1, -0.05) is 32.4 Å². The maximum atomic E-state index is 9.92. The molecule has 1 aromatic rings. The second-order valence-electron chi connectivity index (χ2n) is 6.92. The fraction of sp³-hybridized carbons (Fsp3) is 0.625. The monoisotopic (exact) mass is 281 g/mol. The molecule has 0 saturated heterocycles. The third-order valence-electron chi connectivity index (χ3n) is 4.01. The molecule has 1 fully saturated rings. The van der Waals surface area contributed by atoms with Crippen molar-refractivity contribution in [1.82, 2.24) is 0 Å². The number of aliphatic hydroxyl groups excluding tert-OH is 1. The van der Waals surface area contributed by atoms with Crippen LogP contribution in [0.3, 0.4) is 0 Å². The predicted molar refractivity (Wildman–Crippen MR) is 81.7 cm³/mol. The molecule has 0 bridgehead atoms. The number of aliphatic hydroxyl groups is 1. The van der Waals surface area contributed by atoms with Gasteiger partial charge in [0.05, 0.1) is 12.1 Å². The van der Waals surface area contributed by atoms with Gasteiger partial charge in [-0.25, -0.2) is 0 Å². The zero-order chi connectivity index (χ0) is 14.1. The van der Waals surface area contributed by atoms with Crippen LogP contribution in [-0.4, -0.2) is 17.3 Å². The van der Waals surface area contributed by atoms with E-state index in [2.05, 4.69) is 26.1 Å². The Morgan fingerprint density at radius 2 is 1.89 bits per heavy atom. The lowest BCUT2D eigenvalue weighted by Crippen LogP contribution is -2.50. The number of hydrogen-bond donors (Lipinski definition) is 2. The number of rotatable bonds is 3. The minimum Gasteiger partial charge on any atom is -0.394 e. The molecule has 0 heterocycles. The molecular formula is C16H24ClNO. The van der Waals surface area contributed by atoms with Crippen LogP contribution in [0.15, 0.2) is 24.3 Å². The largest absolute Gasteiger partial charge is 0.394 e. The third-order valence-corrected chi connectivity index (χ3v) is 4.27. The van der Waals surface area contributed by atoms with E-state index in [4.69, 9.17) is 11.6 Å². The fourth-order valence-corrected chi connectivity index (χ4v) is 3.96. The van der Waals surface area contributed by atoms with Gasteiger partial charge in [-0.15, -0.1) is 0 Å². The summed E-state index contributed by atoms with van der Waals surface area (Å²) in [5, 5.41) is 14.2. The summed E-state index contributed by atoms with van der Waals surface area (Å²) in [5.74, 6) is 0.621. The first kappa shape index (κ1) is 14.7. The van der Waals surface area contributed by atoms with Crippen molar-refractivity contribution in [2.45, 2.75) is 45.6 Å². The SMILES string of the molecule is CC1CC(C)(C)CC(CO)(Nc2ccc(Cl)cc2)C1. The van der Waals surface area contributed by atoms with Crippen LogP contribution in [-0.2, 0) is 0 Å². The van der Waals surface area contributed by atoms with Gasteiger partial charge in [0.25, 0.3) is 0 Å². The molecule has 19 heavy (non-hydrogen) atoms. The first-order valence-corrected chi connectivity index (χ1v) is 7.37. The van der Waals surface area contributed by atoms with Gasteiger partial charge < -0.3 is 10.4 Å². The van der Waals surface area contributed by atoms with Gasteiger partial charge in [0.1, 0.15) is 0 Å². The van der Waals surface area contributed by atoms with Crippen LogP contribution in [0.25, 0.3) is 0 Å². The molecular weight excluding hydrogens is 258 g/mol. The van der Waals surface area contributed by atoms with Gasteiger partial charge in [-0.05, 0) is 54.9 Å². The molecule has 0 radical (unpaired) electrons. The molecule has 2 atom stereocenters. The van der Waals surface area contributed by atoms with Crippen molar-refractivity contribution in [1.29, 1.82) is 0 Å². The summed E-state index contributed by atoms with van der Waals surface area (Å²) in [5.41, 5.74) is 1.08. The number of benzene rings is 1. The van der Waals surface area contributed by atoms with Crippen molar-refractivity contribution in [2.75, 3.05) is 11.9 Å². The van der Waals surface area contributed by atoms with Crippen LogP contribution < -0.4 is 5.32 Å². The van der Waals surface area contributed by atoms with Crippen LogP contribution in [0.2, 0.25) is 5.02 Å². The van der Waals surface area contributed by atoms with Gasteiger partial charge in [-0.2, -0.15) is 0 Å². The smallest absolute Gasteiger partial charge is 0.0661 e. The Hall–Kier alpha value is -0.730. The van der Waals surface area contributed by atoms with Crippen LogP contribution in [0.5, 0.6) is 0 Å². The van der Waals surface area contributed by atoms with E-state index in [-0.39, 0.29) is 17.6 Å². The van der Waals surface area contributed by atoms with Gasteiger partial charge >= 0.3 is 0 Å². The Labute approximate surface area is 121 Å². The van der Waals surface area contributed by atoms with E-state index in [1.54, 1.807) is 0 Å². The van der Waals surface area contributed by atoms with Gasteiger partial charge in [-0.3, -0.25) is 0 Å². The molecule has 0 amide bonds. The van der Waals surface area contributed by atoms with E-state index in [9.17, 15) is 5.11 Å². The van der Waals surface area contributed by atoms with E-state index in [0.717, 1.165) is 23.6 Å². The molecule has 1 aromatic carbocycles. The molecule has 0 aliphatic heterocycles. The van der Waals surface area contributed by atoms with E-state index < -0.39 is 0 Å². The van der Waals surface area contributed by atoms with Crippen molar-refractivity contribution in [3.05, 3.63) is 29.3 Å². The molecule has 106 valence electrons. The van der Waals surface area contributed by atoms with Crippen molar-refractivity contribution in [3.8, 4) is 0 Å². The normalized spacial score (nSPS) is 30.1. The highest BCUT2D eigenvalue weighted by molar-refractivity contribution is 6.30. The maximum Gasteiger partial charge on any atom is 0.0661 e. The van der Waals surface area contributed by atoms with Crippen LogP contribution in [0.4, 0.5) is 5.69 Å². The third kappa shape index (κ3) is 3.64. The molecule has 2 unspecified atom stereocenters. The summed E-state index contributed by atoms with van der Waals surface area (Å²) in [7, 11) is 0. The molecule has 0 spiro atoms. The Kier molecular flexibility index (Phi) is 4.12. The Bertz CT molecular complexity index is 429. The first-order chi connectivity index (χ1) is 8.84. The zero-order valence-electron chi connectivity index (χ0n) is 12.0. The highest BCUT2D eigenvalue weighted by Gasteiger charge is 2.42. The lowest BCUT2D eigenvalue weighted by atomic mass is 9.64. The Morgan fingerprint density at radius 3 is 2.42 bits per heavy atom. The lowest BCUT2D eigenvalue weighted by molar-refractivity contribution is 0.0750. The second-order valence-corrected chi connectivity index (χ2v) is 7.36. The number of nitrogens with one attached hydrogen (secondary N) is 1. The average molecular weight is 282 g/mol. The molecule has 1 aliphatic carbocycles. The molecule has 2 nitrogen and oxygen atoms in total. The van der Waals surface area contributed by atoms with E-state index in [1.165, 1.54) is 6.42 Å². The summed E-state index contributed by atoms with van der Waals surface area (Å²) in [6, 6.07) is 7.72. The van der Waals surface area contributed by atoms with Crippen molar-refractivity contribution in [2.24, 2.45) is 11.3 Å². The zero-order valence-corrected chi connectivity index (χ0v) is 12.8. The minimum atomic E-state index is -0.213. The Morgan fingerprint density at radius 1 is 1.26 bits per heavy atom. The summed E-state index contributed by atoms with van der Waals surface area (Å²) in [6.07, 6.45) is 3.22. The summed E-state index contributed by atoms with van der Waals surface area (Å²) in [6.45, 7) is 7.02. The predicted octanol–water partition coefficient (Wildman–Crippen LogP) is 4.33. The van der Waals surface area contributed by atoms with Gasteiger partial charge in [0.15, 0.2) is 0 Å². The van der Waals surface area contributed by atoms with Gasteiger partial charge in [0.2, 0.25) is 0 Å². The van der Waals surface area contributed by atoms with Crippen molar-refractivity contribution in [3.63, 3.8) is 0 Å². The van der Waals surface area contributed by atoms with E-state index in [1.807, 2.05) is 24.3 Å².